The second kappa shape index (κ2) is 5.58. The van der Waals surface area contributed by atoms with Gasteiger partial charge in [-0.3, -0.25) is 0 Å². The van der Waals surface area contributed by atoms with Crippen LogP contribution in [-0.2, 0) is 0 Å². The van der Waals surface area contributed by atoms with Crippen LogP contribution in [0.4, 0.5) is 0 Å². The Morgan fingerprint density at radius 1 is 1.54 bits per heavy atom. The van der Waals surface area contributed by atoms with Crippen LogP contribution in [0.3, 0.4) is 0 Å². The van der Waals surface area contributed by atoms with Crippen LogP contribution in [0.25, 0.3) is 0 Å². The number of rotatable bonds is 3. The minimum Gasteiger partial charge on any atom is -0.0877 e. The Labute approximate surface area is 81.4 Å². The summed E-state index contributed by atoms with van der Waals surface area (Å²) >= 11 is 0. The molecule has 0 nitrogen and oxygen atoms in total. The van der Waals surface area contributed by atoms with Crippen molar-refractivity contribution in [3.8, 4) is 0 Å². The molecule has 0 spiro atoms. The number of hydrogen-bond acceptors (Lipinski definition) is 0. The summed E-state index contributed by atoms with van der Waals surface area (Å²) < 4.78 is 0. The van der Waals surface area contributed by atoms with Crippen LogP contribution >= 0.6 is 0 Å². The highest BCUT2D eigenvalue weighted by atomic mass is 14.1. The third kappa shape index (κ3) is 3.06. The molecule has 0 unspecified atom stereocenters. The van der Waals surface area contributed by atoms with Gasteiger partial charge in [0.15, 0.2) is 0 Å². The van der Waals surface area contributed by atoms with Crippen LogP contribution in [0.2, 0.25) is 0 Å². The molecular weight excluding hydrogens is 156 g/mol. The Bertz CT molecular complexity index is 262. The van der Waals surface area contributed by atoms with Crippen LogP contribution in [-0.4, -0.2) is 0 Å². The second-order valence-corrected chi connectivity index (χ2v) is 3.23. The van der Waals surface area contributed by atoms with Crippen molar-refractivity contribution >= 4 is 0 Å². The van der Waals surface area contributed by atoms with Crippen molar-refractivity contribution in [3.05, 3.63) is 47.6 Å². The second-order valence-electron chi connectivity index (χ2n) is 3.23. The van der Waals surface area contributed by atoms with E-state index in [2.05, 4.69) is 50.3 Å². The SMILES string of the molecule is CC=CC=C(CC)C1=CC=CCC1. The molecule has 0 atom stereocenters. The van der Waals surface area contributed by atoms with E-state index in [9.17, 15) is 0 Å². The number of hydrogen-bond donors (Lipinski definition) is 0. The van der Waals surface area contributed by atoms with E-state index < -0.39 is 0 Å². The maximum Gasteiger partial charge on any atom is -0.0241 e. The largest absolute Gasteiger partial charge is 0.0877 e. The molecule has 0 aromatic rings. The standard InChI is InChI=1S/C13H18/c1-3-5-9-12(4-2)13-10-7-6-8-11-13/h3,5-7,9-10H,4,8,11H2,1-2H3. The molecule has 0 aromatic heterocycles. The Balaban J connectivity index is 2.76. The Morgan fingerprint density at radius 3 is 2.92 bits per heavy atom. The molecule has 0 radical (unpaired) electrons. The lowest BCUT2D eigenvalue weighted by Gasteiger charge is -2.10. The fourth-order valence-corrected chi connectivity index (χ4v) is 1.53. The van der Waals surface area contributed by atoms with Gasteiger partial charge in [-0.1, -0.05) is 43.4 Å². The quantitative estimate of drug-likeness (QED) is 0.563. The summed E-state index contributed by atoms with van der Waals surface area (Å²) in [7, 11) is 0. The third-order valence-electron chi connectivity index (χ3n) is 2.30. The van der Waals surface area contributed by atoms with E-state index >= 15 is 0 Å². The first kappa shape index (κ1) is 10.0. The first-order valence-corrected chi connectivity index (χ1v) is 5.06. The monoisotopic (exact) mass is 174 g/mol. The van der Waals surface area contributed by atoms with Crippen molar-refractivity contribution in [1.82, 2.24) is 0 Å². The van der Waals surface area contributed by atoms with E-state index in [0.717, 1.165) is 6.42 Å². The van der Waals surface area contributed by atoms with Gasteiger partial charge in [0.1, 0.15) is 0 Å². The molecule has 1 aliphatic rings. The van der Waals surface area contributed by atoms with Crippen LogP contribution in [0.1, 0.15) is 33.1 Å². The van der Waals surface area contributed by atoms with E-state index in [0.29, 0.717) is 0 Å². The van der Waals surface area contributed by atoms with Crippen LogP contribution in [0.15, 0.2) is 47.6 Å². The van der Waals surface area contributed by atoms with Crippen molar-refractivity contribution in [1.29, 1.82) is 0 Å². The fourth-order valence-electron chi connectivity index (χ4n) is 1.53. The van der Waals surface area contributed by atoms with Crippen LogP contribution < -0.4 is 0 Å². The summed E-state index contributed by atoms with van der Waals surface area (Å²) in [6.45, 7) is 4.27. The lowest BCUT2D eigenvalue weighted by atomic mass is 9.95. The summed E-state index contributed by atoms with van der Waals surface area (Å²) in [5.74, 6) is 0. The predicted octanol–water partition coefficient (Wildman–Crippen LogP) is 4.18. The molecule has 1 aliphatic carbocycles. The van der Waals surface area contributed by atoms with Gasteiger partial charge in [0.05, 0.1) is 0 Å². The molecule has 13 heavy (non-hydrogen) atoms. The van der Waals surface area contributed by atoms with E-state index in [1.807, 2.05) is 0 Å². The van der Waals surface area contributed by atoms with Crippen molar-refractivity contribution in [3.63, 3.8) is 0 Å². The van der Waals surface area contributed by atoms with Crippen LogP contribution in [0.5, 0.6) is 0 Å². The average molecular weight is 174 g/mol. The van der Waals surface area contributed by atoms with Crippen LogP contribution in [0, 0.1) is 0 Å². The molecule has 0 aliphatic heterocycles. The molecular formula is C13H18. The first-order chi connectivity index (χ1) is 6.38. The van der Waals surface area contributed by atoms with Crippen molar-refractivity contribution in [2.75, 3.05) is 0 Å². The summed E-state index contributed by atoms with van der Waals surface area (Å²) in [5, 5.41) is 0. The third-order valence-corrected chi connectivity index (χ3v) is 2.30. The lowest BCUT2D eigenvalue weighted by molar-refractivity contribution is 0.938. The molecule has 0 aromatic carbocycles. The summed E-state index contributed by atoms with van der Waals surface area (Å²) in [5.41, 5.74) is 2.98. The minimum absolute atomic E-state index is 1.13. The average Bonchev–Trinajstić information content (AvgIpc) is 2.21. The van der Waals surface area contributed by atoms with Crippen molar-refractivity contribution in [2.45, 2.75) is 33.1 Å². The molecule has 0 heterocycles. The normalized spacial score (nSPS) is 18.0. The summed E-state index contributed by atoms with van der Waals surface area (Å²) in [4.78, 5) is 0. The minimum atomic E-state index is 1.13. The highest BCUT2D eigenvalue weighted by Crippen LogP contribution is 2.22. The first-order valence-electron chi connectivity index (χ1n) is 5.06. The van der Waals surface area contributed by atoms with Gasteiger partial charge in [0.2, 0.25) is 0 Å². The highest BCUT2D eigenvalue weighted by Gasteiger charge is 2.02. The molecule has 70 valence electrons. The van der Waals surface area contributed by atoms with Gasteiger partial charge in [0, 0.05) is 0 Å². The fraction of sp³-hybridized carbons (Fsp3) is 0.385. The number of allylic oxidation sites excluding steroid dienone is 8. The van der Waals surface area contributed by atoms with Gasteiger partial charge in [-0.05, 0) is 37.3 Å². The molecule has 0 heteroatoms. The molecule has 0 saturated carbocycles. The smallest absolute Gasteiger partial charge is 0.0241 e. The molecule has 0 bridgehead atoms. The maximum atomic E-state index is 2.24. The summed E-state index contributed by atoms with van der Waals surface area (Å²) in [6.07, 6.45) is 16.6. The van der Waals surface area contributed by atoms with E-state index in [-0.39, 0.29) is 0 Å². The molecule has 1 rings (SSSR count). The van der Waals surface area contributed by atoms with Crippen molar-refractivity contribution < 1.29 is 0 Å². The molecule has 0 amide bonds. The molecule has 0 fully saturated rings. The van der Waals surface area contributed by atoms with E-state index in [1.54, 1.807) is 0 Å². The molecule has 0 saturated heterocycles. The summed E-state index contributed by atoms with van der Waals surface area (Å²) in [6, 6.07) is 0. The van der Waals surface area contributed by atoms with E-state index in [4.69, 9.17) is 0 Å². The Hall–Kier alpha value is -1.04. The zero-order chi connectivity index (χ0) is 9.52. The van der Waals surface area contributed by atoms with Gasteiger partial charge >= 0.3 is 0 Å². The zero-order valence-corrected chi connectivity index (χ0v) is 8.59. The maximum absolute atomic E-state index is 2.24. The van der Waals surface area contributed by atoms with Gasteiger partial charge in [-0.15, -0.1) is 0 Å². The molecule has 0 N–H and O–H groups in total. The van der Waals surface area contributed by atoms with Gasteiger partial charge in [-0.25, -0.2) is 0 Å². The van der Waals surface area contributed by atoms with Gasteiger partial charge in [-0.2, -0.15) is 0 Å². The highest BCUT2D eigenvalue weighted by molar-refractivity contribution is 5.37. The lowest BCUT2D eigenvalue weighted by Crippen LogP contribution is -1.91. The van der Waals surface area contributed by atoms with E-state index in [1.165, 1.54) is 24.0 Å². The van der Waals surface area contributed by atoms with Gasteiger partial charge in [0.25, 0.3) is 0 Å². The Morgan fingerprint density at radius 2 is 2.38 bits per heavy atom. The predicted molar refractivity (Wildman–Crippen MR) is 59.6 cm³/mol. The Kier molecular flexibility index (Phi) is 4.31. The topological polar surface area (TPSA) is 0 Å². The zero-order valence-electron chi connectivity index (χ0n) is 8.59. The van der Waals surface area contributed by atoms with Crippen molar-refractivity contribution in [2.24, 2.45) is 0 Å². The van der Waals surface area contributed by atoms with Gasteiger partial charge < -0.3 is 0 Å².